The van der Waals surface area contributed by atoms with Crippen molar-refractivity contribution in [2.24, 2.45) is 0 Å². The van der Waals surface area contributed by atoms with E-state index in [0.717, 1.165) is 12.1 Å². The van der Waals surface area contributed by atoms with Gasteiger partial charge in [-0.2, -0.15) is 21.0 Å². The molecule has 5 aromatic carbocycles. The van der Waals surface area contributed by atoms with Gasteiger partial charge in [0.25, 0.3) is 0 Å². The highest BCUT2D eigenvalue weighted by Crippen LogP contribution is 2.60. The van der Waals surface area contributed by atoms with E-state index in [9.17, 15) is 21.0 Å². The van der Waals surface area contributed by atoms with Crippen LogP contribution in [0.5, 0.6) is 0 Å². The first kappa shape index (κ1) is 24.8. The van der Waals surface area contributed by atoms with Crippen molar-refractivity contribution in [2.45, 2.75) is 0 Å². The van der Waals surface area contributed by atoms with Crippen LogP contribution in [0.4, 0.5) is 17.6 Å². The first-order chi connectivity index (χ1) is 20.4. The summed E-state index contributed by atoms with van der Waals surface area (Å²) in [4.78, 5) is 0. The topological polar surface area (TPSA) is 95.2 Å². The van der Waals surface area contributed by atoms with Crippen LogP contribution in [-0.4, -0.2) is 0 Å². The maximum Gasteiger partial charge on any atom is 0.168 e. The van der Waals surface area contributed by atoms with Crippen molar-refractivity contribution in [1.82, 2.24) is 0 Å². The van der Waals surface area contributed by atoms with Crippen LogP contribution < -0.4 is 0 Å². The fourth-order valence-electron chi connectivity index (χ4n) is 6.32. The van der Waals surface area contributed by atoms with Crippen LogP contribution in [-0.2, 0) is 0 Å². The largest absolute Gasteiger partial charge is 0.206 e. The average molecular weight is 550 g/mol. The Labute approximate surface area is 235 Å². The Morgan fingerprint density at radius 1 is 0.452 bits per heavy atom. The molecule has 0 unspecified atom stereocenters. The third kappa shape index (κ3) is 2.91. The number of hydrogen-bond acceptors (Lipinski definition) is 4. The van der Waals surface area contributed by atoms with Crippen LogP contribution >= 0.6 is 0 Å². The fraction of sp³-hybridized carbons (Fsp3) is 0. The molecule has 0 spiro atoms. The highest BCUT2D eigenvalue weighted by Gasteiger charge is 2.43. The minimum atomic E-state index is -1.40. The van der Waals surface area contributed by atoms with Crippen molar-refractivity contribution in [2.75, 3.05) is 0 Å². The summed E-state index contributed by atoms with van der Waals surface area (Å²) in [5, 5.41) is 40.3. The average Bonchev–Trinajstić information content (AvgIpc) is 3.51. The second-order valence-electron chi connectivity index (χ2n) is 9.73. The SMILES string of the molecule is N#CC(C#N)=C1c2cc(F)c3ccccc3c2-c2c1c(F)c(F)c1c2C(=C(C#N)C#N)c2cc(F)c3ccccc3c2-1. The van der Waals surface area contributed by atoms with Gasteiger partial charge in [0, 0.05) is 49.7 Å². The zero-order chi connectivity index (χ0) is 29.4. The van der Waals surface area contributed by atoms with Crippen molar-refractivity contribution in [1.29, 1.82) is 21.0 Å². The number of fused-ring (bicyclic) bond motifs is 11. The Morgan fingerprint density at radius 3 is 1.29 bits per heavy atom. The summed E-state index contributed by atoms with van der Waals surface area (Å²) in [7, 11) is 0. The maximum atomic E-state index is 16.5. The molecule has 0 amide bonds. The lowest BCUT2D eigenvalue weighted by atomic mass is 9.88. The van der Waals surface area contributed by atoms with Crippen LogP contribution in [0.25, 0.3) is 54.9 Å². The van der Waals surface area contributed by atoms with Gasteiger partial charge >= 0.3 is 0 Å². The summed E-state index contributed by atoms with van der Waals surface area (Å²) >= 11 is 0. The Hall–Kier alpha value is -6.22. The fourth-order valence-corrected chi connectivity index (χ4v) is 6.32. The molecule has 2 aliphatic carbocycles. The van der Waals surface area contributed by atoms with Crippen molar-refractivity contribution in [3.63, 3.8) is 0 Å². The smallest absolute Gasteiger partial charge is 0.168 e. The molecule has 8 heteroatoms. The molecular formula is C34H10F4N4. The zero-order valence-electron chi connectivity index (χ0n) is 21.1. The molecule has 5 aromatic rings. The quantitative estimate of drug-likeness (QED) is 0.140. The van der Waals surface area contributed by atoms with Crippen LogP contribution in [0.1, 0.15) is 22.3 Å². The number of halogens is 4. The Bertz CT molecular complexity index is 2360. The van der Waals surface area contributed by atoms with Gasteiger partial charge in [-0.15, -0.1) is 0 Å². The van der Waals surface area contributed by atoms with Crippen molar-refractivity contribution >= 4 is 32.7 Å². The molecule has 42 heavy (non-hydrogen) atoms. The van der Waals surface area contributed by atoms with Crippen molar-refractivity contribution < 1.29 is 17.6 Å². The highest BCUT2D eigenvalue weighted by atomic mass is 19.2. The van der Waals surface area contributed by atoms with Gasteiger partial charge < -0.3 is 0 Å². The minimum absolute atomic E-state index is 0.0113. The molecule has 7 rings (SSSR count). The second kappa shape index (κ2) is 8.64. The van der Waals surface area contributed by atoms with Crippen LogP contribution in [0, 0.1) is 68.6 Å². The molecule has 2 aliphatic rings. The first-order valence-corrected chi connectivity index (χ1v) is 12.5. The summed E-state index contributed by atoms with van der Waals surface area (Å²) in [6, 6.07) is 21.6. The maximum absolute atomic E-state index is 16.5. The second-order valence-corrected chi connectivity index (χ2v) is 9.73. The van der Waals surface area contributed by atoms with E-state index in [0.29, 0.717) is 0 Å². The number of rotatable bonds is 0. The van der Waals surface area contributed by atoms with Gasteiger partial charge in [-0.1, -0.05) is 48.5 Å². The number of hydrogen-bond donors (Lipinski definition) is 0. The highest BCUT2D eigenvalue weighted by molar-refractivity contribution is 6.22. The number of nitriles is 4. The monoisotopic (exact) mass is 550 g/mol. The molecule has 4 nitrogen and oxygen atoms in total. The first-order valence-electron chi connectivity index (χ1n) is 12.5. The predicted octanol–water partition coefficient (Wildman–Crippen LogP) is 8.21. The molecule has 194 valence electrons. The molecule has 0 fully saturated rings. The minimum Gasteiger partial charge on any atom is -0.206 e. The lowest BCUT2D eigenvalue weighted by molar-refractivity contribution is 0.510. The molecule has 0 bridgehead atoms. The lowest BCUT2D eigenvalue weighted by Crippen LogP contribution is -2.01. The molecule has 0 aliphatic heterocycles. The lowest BCUT2D eigenvalue weighted by Gasteiger charge is -2.15. The third-order valence-corrected chi connectivity index (χ3v) is 7.86. The predicted molar refractivity (Wildman–Crippen MR) is 147 cm³/mol. The van der Waals surface area contributed by atoms with Gasteiger partial charge in [0.05, 0.1) is 0 Å². The molecule has 0 radical (unpaired) electrons. The standard InChI is InChI=1S/C34H10F4N4/c35-23-9-21-25(15(11-39)12-40)29-30-27-19-7-3-1-5-17(19)24(36)10-22(27)26(16(13-41)14-42)31(30)33(37)34(38)32(29)28(21)20-8-4-2-6-18(20)23/h1-10H. The van der Waals surface area contributed by atoms with Crippen LogP contribution in [0.3, 0.4) is 0 Å². The van der Waals surface area contributed by atoms with Gasteiger partial charge in [0.2, 0.25) is 0 Å². The zero-order valence-corrected chi connectivity index (χ0v) is 21.1. The van der Waals surface area contributed by atoms with Gasteiger partial charge in [0.1, 0.15) is 47.1 Å². The van der Waals surface area contributed by atoms with E-state index in [1.807, 2.05) is 0 Å². The molecule has 0 saturated heterocycles. The summed E-state index contributed by atoms with van der Waals surface area (Å²) in [5.41, 5.74) is -2.09. The van der Waals surface area contributed by atoms with E-state index in [-0.39, 0.29) is 71.6 Å². The summed E-state index contributed by atoms with van der Waals surface area (Å²) in [5.74, 6) is -4.20. The van der Waals surface area contributed by atoms with E-state index >= 15 is 17.6 Å². The molecule has 0 N–H and O–H groups in total. The summed E-state index contributed by atoms with van der Waals surface area (Å²) < 4.78 is 63.7. The molecule has 0 aromatic heterocycles. The van der Waals surface area contributed by atoms with Crippen molar-refractivity contribution in [3.05, 3.63) is 117 Å². The van der Waals surface area contributed by atoms with E-state index < -0.39 is 40.0 Å². The number of nitrogens with zero attached hydrogens (tertiary/aromatic N) is 4. The van der Waals surface area contributed by atoms with Gasteiger partial charge in [0.15, 0.2) is 11.6 Å². The number of benzene rings is 5. The normalized spacial score (nSPS) is 12.1. The molecular weight excluding hydrogens is 540 g/mol. The van der Waals surface area contributed by atoms with Crippen molar-refractivity contribution in [3.8, 4) is 46.5 Å². The molecule has 0 saturated carbocycles. The van der Waals surface area contributed by atoms with Crippen LogP contribution in [0.2, 0.25) is 0 Å². The third-order valence-electron chi connectivity index (χ3n) is 7.86. The van der Waals surface area contributed by atoms with Crippen LogP contribution in [0.15, 0.2) is 71.8 Å². The Morgan fingerprint density at radius 2 is 0.833 bits per heavy atom. The van der Waals surface area contributed by atoms with E-state index in [1.165, 1.54) is 18.2 Å². The van der Waals surface area contributed by atoms with E-state index in [1.54, 1.807) is 54.6 Å². The van der Waals surface area contributed by atoms with E-state index in [2.05, 4.69) is 0 Å². The Balaban J connectivity index is 1.83. The summed E-state index contributed by atoms with van der Waals surface area (Å²) in [6.07, 6.45) is 0. The van der Waals surface area contributed by atoms with E-state index in [4.69, 9.17) is 0 Å². The van der Waals surface area contributed by atoms with Gasteiger partial charge in [-0.05, 0) is 39.6 Å². The van der Waals surface area contributed by atoms with Gasteiger partial charge in [-0.25, -0.2) is 17.6 Å². The molecule has 0 atom stereocenters. The Kier molecular flexibility index (Phi) is 5.10. The molecule has 0 heterocycles. The summed E-state index contributed by atoms with van der Waals surface area (Å²) in [6.45, 7) is 0. The van der Waals surface area contributed by atoms with Gasteiger partial charge in [-0.3, -0.25) is 0 Å². The number of allylic oxidation sites excluding steroid dienone is 2.